The van der Waals surface area contributed by atoms with Gasteiger partial charge in [0.15, 0.2) is 0 Å². The minimum absolute atomic E-state index is 0.0172. The monoisotopic (exact) mass is 297 g/mol. The van der Waals surface area contributed by atoms with Gasteiger partial charge in [0.25, 0.3) is 5.91 Å². The lowest BCUT2D eigenvalue weighted by Gasteiger charge is -2.26. The number of carboxylic acid groups (broad SMARTS) is 1. The first-order valence-corrected chi connectivity index (χ1v) is 7.57. The summed E-state index contributed by atoms with van der Waals surface area (Å²) in [5.41, 5.74) is 0.329. The van der Waals surface area contributed by atoms with Crippen molar-refractivity contribution in [1.82, 2.24) is 4.90 Å². The van der Waals surface area contributed by atoms with E-state index in [2.05, 4.69) is 0 Å². The number of carbonyl (C=O) groups is 2. The summed E-state index contributed by atoms with van der Waals surface area (Å²) in [7, 11) is 0. The van der Waals surface area contributed by atoms with E-state index in [0.29, 0.717) is 10.5 Å². The number of nitrogens with zero attached hydrogens (tertiary/aromatic N) is 1. The molecule has 108 valence electrons. The second-order valence-corrected chi connectivity index (χ2v) is 5.66. The van der Waals surface area contributed by atoms with E-state index in [1.165, 1.54) is 41.8 Å². The fourth-order valence-electron chi connectivity index (χ4n) is 2.07. The third kappa shape index (κ3) is 2.95. The molecular formula is C14H16FNO3S. The van der Waals surface area contributed by atoms with E-state index in [-0.39, 0.29) is 17.8 Å². The van der Waals surface area contributed by atoms with Crippen molar-refractivity contribution in [3.63, 3.8) is 0 Å². The van der Waals surface area contributed by atoms with Gasteiger partial charge in [0.2, 0.25) is 0 Å². The van der Waals surface area contributed by atoms with Crippen LogP contribution >= 0.6 is 11.8 Å². The molecule has 0 heterocycles. The van der Waals surface area contributed by atoms with Crippen molar-refractivity contribution in [3.8, 4) is 0 Å². The highest BCUT2D eigenvalue weighted by molar-refractivity contribution is 7.98. The molecule has 0 radical (unpaired) electrons. The van der Waals surface area contributed by atoms with Crippen LogP contribution in [-0.4, -0.2) is 40.2 Å². The second-order valence-electron chi connectivity index (χ2n) is 4.81. The maximum atomic E-state index is 13.5. The van der Waals surface area contributed by atoms with Crippen LogP contribution in [0.2, 0.25) is 0 Å². The summed E-state index contributed by atoms with van der Waals surface area (Å²) in [6.45, 7) is 1.50. The zero-order valence-corrected chi connectivity index (χ0v) is 12.1. The Labute approximate surface area is 121 Å². The number of halogens is 1. The van der Waals surface area contributed by atoms with Gasteiger partial charge in [0.1, 0.15) is 11.9 Å². The summed E-state index contributed by atoms with van der Waals surface area (Å²) in [5, 5.41) is 9.11. The van der Waals surface area contributed by atoms with E-state index in [9.17, 15) is 14.0 Å². The number of hydrogen-bond acceptors (Lipinski definition) is 3. The molecule has 0 aliphatic heterocycles. The Morgan fingerprint density at radius 2 is 2.10 bits per heavy atom. The van der Waals surface area contributed by atoms with E-state index in [0.717, 1.165) is 12.8 Å². The molecule has 1 atom stereocenters. The van der Waals surface area contributed by atoms with Crippen molar-refractivity contribution in [2.75, 3.05) is 6.26 Å². The number of carbonyl (C=O) groups excluding carboxylic acids is 1. The molecule has 0 saturated heterocycles. The Morgan fingerprint density at radius 3 is 2.60 bits per heavy atom. The highest BCUT2D eigenvalue weighted by Crippen LogP contribution is 2.31. The number of carboxylic acids is 1. The average Bonchev–Trinajstić information content (AvgIpc) is 3.23. The van der Waals surface area contributed by atoms with Crippen molar-refractivity contribution in [1.29, 1.82) is 0 Å². The highest BCUT2D eigenvalue weighted by Gasteiger charge is 2.38. The molecule has 6 heteroatoms. The zero-order valence-electron chi connectivity index (χ0n) is 11.3. The predicted octanol–water partition coefficient (Wildman–Crippen LogP) is 2.63. The van der Waals surface area contributed by atoms with E-state index in [1.54, 1.807) is 6.26 Å². The molecule has 1 aromatic carbocycles. The minimum atomic E-state index is -1.03. The Balaban J connectivity index is 2.30. The summed E-state index contributed by atoms with van der Waals surface area (Å²) in [4.78, 5) is 25.4. The van der Waals surface area contributed by atoms with E-state index in [4.69, 9.17) is 5.11 Å². The quantitative estimate of drug-likeness (QED) is 0.849. The Hall–Kier alpha value is -1.56. The summed E-state index contributed by atoms with van der Waals surface area (Å²) in [5.74, 6) is -1.76. The smallest absolute Gasteiger partial charge is 0.326 e. The minimum Gasteiger partial charge on any atom is -0.480 e. The summed E-state index contributed by atoms with van der Waals surface area (Å²) in [6.07, 6.45) is 3.37. The van der Waals surface area contributed by atoms with E-state index < -0.39 is 12.0 Å². The normalized spacial score (nSPS) is 15.8. The average molecular weight is 297 g/mol. The Bertz CT molecular complexity index is 545. The van der Waals surface area contributed by atoms with Gasteiger partial charge >= 0.3 is 5.97 Å². The van der Waals surface area contributed by atoms with Crippen LogP contribution < -0.4 is 0 Å². The van der Waals surface area contributed by atoms with E-state index in [1.807, 2.05) is 0 Å². The van der Waals surface area contributed by atoms with Crippen LogP contribution in [0.1, 0.15) is 30.1 Å². The molecule has 1 N–H and O–H groups in total. The SMILES string of the molecule is CSc1cc(C(=O)N(C2CC2)C(C)C(=O)O)ccc1F. The van der Waals surface area contributed by atoms with Crippen LogP contribution in [0.15, 0.2) is 23.1 Å². The molecule has 0 aromatic heterocycles. The molecule has 2 rings (SSSR count). The van der Waals surface area contributed by atoms with Crippen molar-refractivity contribution in [2.45, 2.75) is 36.7 Å². The first-order valence-electron chi connectivity index (χ1n) is 6.34. The predicted molar refractivity (Wildman–Crippen MR) is 74.5 cm³/mol. The number of amides is 1. The van der Waals surface area contributed by atoms with Gasteiger partial charge < -0.3 is 10.0 Å². The molecule has 1 aromatic rings. The maximum Gasteiger partial charge on any atom is 0.326 e. The number of aliphatic carboxylic acids is 1. The fraction of sp³-hybridized carbons (Fsp3) is 0.429. The number of rotatable bonds is 5. The van der Waals surface area contributed by atoms with Gasteiger partial charge in [-0.1, -0.05) is 0 Å². The molecule has 0 spiro atoms. The first-order chi connectivity index (χ1) is 9.45. The largest absolute Gasteiger partial charge is 0.480 e. The highest BCUT2D eigenvalue weighted by atomic mass is 32.2. The van der Waals surface area contributed by atoms with E-state index >= 15 is 0 Å². The first kappa shape index (κ1) is 14.8. The van der Waals surface area contributed by atoms with Gasteiger partial charge in [0.05, 0.1) is 0 Å². The third-order valence-electron chi connectivity index (χ3n) is 3.35. The third-order valence-corrected chi connectivity index (χ3v) is 4.10. The Kier molecular flexibility index (Phi) is 4.32. The van der Waals surface area contributed by atoms with Gasteiger partial charge in [-0.3, -0.25) is 4.79 Å². The molecular weight excluding hydrogens is 281 g/mol. The number of thioether (sulfide) groups is 1. The van der Waals surface area contributed by atoms with Crippen LogP contribution in [-0.2, 0) is 4.79 Å². The number of hydrogen-bond donors (Lipinski definition) is 1. The molecule has 1 fully saturated rings. The summed E-state index contributed by atoms with van der Waals surface area (Å²) in [6, 6.07) is 3.23. The summed E-state index contributed by atoms with van der Waals surface area (Å²) < 4.78 is 13.5. The van der Waals surface area contributed by atoms with Crippen molar-refractivity contribution in [3.05, 3.63) is 29.6 Å². The van der Waals surface area contributed by atoms with Crippen LogP contribution in [0.3, 0.4) is 0 Å². The number of benzene rings is 1. The van der Waals surface area contributed by atoms with Crippen LogP contribution in [0, 0.1) is 5.82 Å². The summed E-state index contributed by atoms with van der Waals surface area (Å²) >= 11 is 1.22. The lowest BCUT2D eigenvalue weighted by atomic mass is 10.1. The molecule has 1 aliphatic carbocycles. The fourth-order valence-corrected chi connectivity index (χ4v) is 2.58. The van der Waals surface area contributed by atoms with Gasteiger partial charge in [-0.2, -0.15) is 0 Å². The van der Waals surface area contributed by atoms with Gasteiger partial charge in [-0.05, 0) is 44.2 Å². The lowest BCUT2D eigenvalue weighted by molar-refractivity contribution is -0.141. The molecule has 1 unspecified atom stereocenters. The van der Waals surface area contributed by atoms with Gasteiger partial charge in [-0.15, -0.1) is 11.8 Å². The maximum absolute atomic E-state index is 13.5. The van der Waals surface area contributed by atoms with Crippen molar-refractivity contribution in [2.24, 2.45) is 0 Å². The molecule has 1 aliphatic rings. The molecule has 20 heavy (non-hydrogen) atoms. The lowest BCUT2D eigenvalue weighted by Crippen LogP contribution is -2.44. The molecule has 4 nitrogen and oxygen atoms in total. The van der Waals surface area contributed by atoms with Crippen molar-refractivity contribution >= 4 is 23.6 Å². The van der Waals surface area contributed by atoms with Crippen LogP contribution in [0.25, 0.3) is 0 Å². The van der Waals surface area contributed by atoms with Crippen LogP contribution in [0.5, 0.6) is 0 Å². The molecule has 0 bridgehead atoms. The van der Waals surface area contributed by atoms with Gasteiger partial charge in [0, 0.05) is 16.5 Å². The zero-order chi connectivity index (χ0) is 14.9. The topological polar surface area (TPSA) is 57.6 Å². The second kappa shape index (κ2) is 5.83. The molecule has 1 saturated carbocycles. The van der Waals surface area contributed by atoms with Gasteiger partial charge in [-0.25, -0.2) is 9.18 Å². The Morgan fingerprint density at radius 1 is 1.45 bits per heavy atom. The molecule has 1 amide bonds. The van der Waals surface area contributed by atoms with Crippen LogP contribution in [0.4, 0.5) is 4.39 Å². The van der Waals surface area contributed by atoms with Crippen molar-refractivity contribution < 1.29 is 19.1 Å². The standard InChI is InChI=1S/C14H16FNO3S/c1-8(14(18)19)16(10-4-5-10)13(17)9-3-6-11(15)12(7-9)20-2/h3,6-8,10H,4-5H2,1-2H3,(H,18,19).